The monoisotopic (exact) mass is 258 g/mol. The van der Waals surface area contributed by atoms with E-state index in [0.29, 0.717) is 5.57 Å². The normalized spacial score (nSPS) is 22.8. The summed E-state index contributed by atoms with van der Waals surface area (Å²) in [6, 6.07) is 8.47. The number of hydrogen-bond donors (Lipinski definition) is 0. The summed E-state index contributed by atoms with van der Waals surface area (Å²) in [6.45, 7) is 7.40. The molecule has 0 heterocycles. The number of carbonyl (C=O) groups is 1. The second-order valence-electron chi connectivity index (χ2n) is 5.77. The smallest absolute Gasteiger partial charge is 0.333 e. The first-order chi connectivity index (χ1) is 9.00. The van der Waals surface area contributed by atoms with Crippen LogP contribution in [0.15, 0.2) is 36.4 Å². The van der Waals surface area contributed by atoms with Crippen LogP contribution in [0.4, 0.5) is 0 Å². The Labute approximate surface area is 115 Å². The van der Waals surface area contributed by atoms with Crippen LogP contribution in [0.2, 0.25) is 0 Å². The Morgan fingerprint density at radius 2 is 1.95 bits per heavy atom. The van der Waals surface area contributed by atoms with Crippen LogP contribution in [-0.2, 0) is 22.4 Å². The van der Waals surface area contributed by atoms with E-state index in [1.165, 1.54) is 11.1 Å². The summed E-state index contributed by atoms with van der Waals surface area (Å²) in [6.07, 6.45) is 5.08. The lowest BCUT2D eigenvalue weighted by atomic mass is 9.84. The Bertz CT molecular complexity index is 490. The standard InChI is InChI=1S/C17H22O2/c1-13(2)16(18)19-17(3)11-7-6-9-14-8-4-5-10-15(14)12-17/h4-5,8,10H,1,6-7,9,11-12H2,2-3H3. The third kappa shape index (κ3) is 3.46. The number of ether oxygens (including phenoxy) is 1. The molecule has 0 N–H and O–H groups in total. The predicted molar refractivity (Wildman–Crippen MR) is 77.0 cm³/mol. The maximum Gasteiger partial charge on any atom is 0.333 e. The molecular formula is C17H22O2. The SMILES string of the molecule is C=C(C)C(=O)OC1(C)CCCCc2ccccc2C1. The van der Waals surface area contributed by atoms with Crippen LogP contribution in [0, 0.1) is 0 Å². The molecule has 1 aliphatic rings. The van der Waals surface area contributed by atoms with E-state index in [4.69, 9.17) is 4.74 Å². The molecule has 2 nitrogen and oxygen atoms in total. The van der Waals surface area contributed by atoms with Gasteiger partial charge in [-0.3, -0.25) is 0 Å². The number of fused-ring (bicyclic) bond motifs is 1. The average molecular weight is 258 g/mol. The van der Waals surface area contributed by atoms with Crippen molar-refractivity contribution in [3.8, 4) is 0 Å². The highest BCUT2D eigenvalue weighted by molar-refractivity contribution is 5.87. The van der Waals surface area contributed by atoms with E-state index in [1.54, 1.807) is 6.92 Å². The van der Waals surface area contributed by atoms with Gasteiger partial charge in [0.25, 0.3) is 0 Å². The van der Waals surface area contributed by atoms with Crippen LogP contribution < -0.4 is 0 Å². The van der Waals surface area contributed by atoms with Gasteiger partial charge in [-0.2, -0.15) is 0 Å². The Morgan fingerprint density at radius 1 is 1.26 bits per heavy atom. The minimum atomic E-state index is -0.410. The zero-order valence-electron chi connectivity index (χ0n) is 11.9. The van der Waals surface area contributed by atoms with E-state index in [1.807, 2.05) is 6.92 Å². The van der Waals surface area contributed by atoms with Crippen LogP contribution in [0.25, 0.3) is 0 Å². The van der Waals surface area contributed by atoms with Gasteiger partial charge in [0, 0.05) is 12.0 Å². The van der Waals surface area contributed by atoms with Crippen LogP contribution in [0.3, 0.4) is 0 Å². The number of esters is 1. The Balaban J connectivity index is 2.22. The Hall–Kier alpha value is -1.57. The molecule has 2 heteroatoms. The number of carbonyl (C=O) groups excluding carboxylic acids is 1. The molecule has 0 radical (unpaired) electrons. The summed E-state index contributed by atoms with van der Waals surface area (Å²) in [5.74, 6) is -0.277. The van der Waals surface area contributed by atoms with Gasteiger partial charge in [0.2, 0.25) is 0 Å². The molecule has 1 unspecified atom stereocenters. The summed E-state index contributed by atoms with van der Waals surface area (Å²) in [7, 11) is 0. The minimum absolute atomic E-state index is 0.277. The fourth-order valence-corrected chi connectivity index (χ4v) is 2.68. The fraction of sp³-hybridized carbons (Fsp3) is 0.471. The molecule has 0 spiro atoms. The molecule has 1 aromatic rings. The van der Waals surface area contributed by atoms with Gasteiger partial charge in [0.15, 0.2) is 0 Å². The second kappa shape index (κ2) is 5.60. The number of rotatable bonds is 2. The molecule has 19 heavy (non-hydrogen) atoms. The first-order valence-electron chi connectivity index (χ1n) is 6.96. The summed E-state index contributed by atoms with van der Waals surface area (Å²) < 4.78 is 5.69. The van der Waals surface area contributed by atoms with Gasteiger partial charge < -0.3 is 4.74 Å². The first-order valence-corrected chi connectivity index (χ1v) is 6.96. The van der Waals surface area contributed by atoms with Crippen molar-refractivity contribution in [1.29, 1.82) is 0 Å². The highest BCUT2D eigenvalue weighted by Crippen LogP contribution is 2.30. The second-order valence-corrected chi connectivity index (χ2v) is 5.77. The number of benzene rings is 1. The molecule has 0 aromatic heterocycles. The molecule has 102 valence electrons. The zero-order valence-corrected chi connectivity index (χ0v) is 11.9. The van der Waals surface area contributed by atoms with Crippen molar-refractivity contribution in [1.82, 2.24) is 0 Å². The van der Waals surface area contributed by atoms with Gasteiger partial charge in [-0.1, -0.05) is 30.8 Å². The van der Waals surface area contributed by atoms with E-state index < -0.39 is 5.60 Å². The molecule has 2 rings (SSSR count). The van der Waals surface area contributed by atoms with Gasteiger partial charge >= 0.3 is 5.97 Å². The maximum atomic E-state index is 11.8. The molecule has 0 saturated heterocycles. The Morgan fingerprint density at radius 3 is 2.63 bits per heavy atom. The third-order valence-corrected chi connectivity index (χ3v) is 3.77. The molecule has 0 fully saturated rings. The maximum absolute atomic E-state index is 11.8. The van der Waals surface area contributed by atoms with E-state index in [2.05, 4.69) is 30.8 Å². The highest BCUT2D eigenvalue weighted by atomic mass is 16.6. The largest absolute Gasteiger partial charge is 0.456 e. The van der Waals surface area contributed by atoms with Crippen molar-refractivity contribution >= 4 is 5.97 Å². The third-order valence-electron chi connectivity index (χ3n) is 3.77. The van der Waals surface area contributed by atoms with E-state index in [9.17, 15) is 4.79 Å². The molecule has 0 amide bonds. The van der Waals surface area contributed by atoms with Crippen molar-refractivity contribution in [3.05, 3.63) is 47.5 Å². The summed E-state index contributed by atoms with van der Waals surface area (Å²) in [5, 5.41) is 0. The molecular weight excluding hydrogens is 236 g/mol. The number of aryl methyl sites for hydroxylation is 1. The van der Waals surface area contributed by atoms with Gasteiger partial charge in [-0.15, -0.1) is 0 Å². The first kappa shape index (κ1) is 13.9. The molecule has 1 aromatic carbocycles. The summed E-state index contributed by atoms with van der Waals surface area (Å²) in [5.41, 5.74) is 2.75. The van der Waals surface area contributed by atoms with Gasteiger partial charge in [-0.05, 0) is 50.7 Å². The van der Waals surface area contributed by atoms with Crippen LogP contribution >= 0.6 is 0 Å². The van der Waals surface area contributed by atoms with E-state index in [0.717, 1.165) is 32.1 Å². The molecule has 0 aliphatic heterocycles. The molecule has 0 bridgehead atoms. The summed E-state index contributed by atoms with van der Waals surface area (Å²) >= 11 is 0. The van der Waals surface area contributed by atoms with Crippen molar-refractivity contribution in [2.45, 2.75) is 51.6 Å². The lowest BCUT2D eigenvalue weighted by Gasteiger charge is -2.32. The van der Waals surface area contributed by atoms with Crippen molar-refractivity contribution in [3.63, 3.8) is 0 Å². The minimum Gasteiger partial charge on any atom is -0.456 e. The van der Waals surface area contributed by atoms with Crippen LogP contribution in [-0.4, -0.2) is 11.6 Å². The molecule has 0 saturated carbocycles. The molecule has 1 aliphatic carbocycles. The van der Waals surface area contributed by atoms with Gasteiger partial charge in [0.05, 0.1) is 0 Å². The van der Waals surface area contributed by atoms with Gasteiger partial charge in [0.1, 0.15) is 5.60 Å². The van der Waals surface area contributed by atoms with Crippen molar-refractivity contribution in [2.24, 2.45) is 0 Å². The fourth-order valence-electron chi connectivity index (χ4n) is 2.68. The van der Waals surface area contributed by atoms with Crippen LogP contribution in [0.1, 0.15) is 44.2 Å². The predicted octanol–water partition coefficient (Wildman–Crippen LogP) is 3.83. The topological polar surface area (TPSA) is 26.3 Å². The lowest BCUT2D eigenvalue weighted by molar-refractivity contribution is -0.153. The quantitative estimate of drug-likeness (QED) is 0.595. The number of hydrogen-bond acceptors (Lipinski definition) is 2. The van der Waals surface area contributed by atoms with Gasteiger partial charge in [-0.25, -0.2) is 4.79 Å². The van der Waals surface area contributed by atoms with E-state index in [-0.39, 0.29) is 5.97 Å². The van der Waals surface area contributed by atoms with E-state index >= 15 is 0 Å². The van der Waals surface area contributed by atoms with Crippen molar-refractivity contribution in [2.75, 3.05) is 0 Å². The zero-order chi connectivity index (χ0) is 13.9. The van der Waals surface area contributed by atoms with Crippen LogP contribution in [0.5, 0.6) is 0 Å². The highest BCUT2D eigenvalue weighted by Gasteiger charge is 2.31. The summed E-state index contributed by atoms with van der Waals surface area (Å²) in [4.78, 5) is 11.8. The van der Waals surface area contributed by atoms with Crippen molar-refractivity contribution < 1.29 is 9.53 Å². The lowest BCUT2D eigenvalue weighted by Crippen LogP contribution is -2.35. The average Bonchev–Trinajstić information content (AvgIpc) is 2.34. The molecule has 1 atom stereocenters. The Kier molecular flexibility index (Phi) is 4.08.